The fraction of sp³-hybridized carbons (Fsp3) is 0.385. The smallest absolute Gasteiger partial charge is 0.330 e. The number of benzene rings is 1. The number of hydrogen-bond donors (Lipinski definition) is 0. The van der Waals surface area contributed by atoms with Gasteiger partial charge in [0.1, 0.15) is 6.04 Å². The summed E-state index contributed by atoms with van der Waals surface area (Å²) in [4.78, 5) is 15.8. The Balaban J connectivity index is 2.30. The maximum Gasteiger partial charge on any atom is 0.330 e. The molecule has 2 rings (SSSR count). The second-order valence-electron chi connectivity index (χ2n) is 4.09. The van der Waals surface area contributed by atoms with Crippen molar-refractivity contribution in [3.8, 4) is 0 Å². The van der Waals surface area contributed by atoms with Gasteiger partial charge in [0.25, 0.3) is 0 Å². The van der Waals surface area contributed by atoms with Gasteiger partial charge in [-0.2, -0.15) is 0 Å². The molecule has 4 heteroatoms. The van der Waals surface area contributed by atoms with Gasteiger partial charge in [0.2, 0.25) is 0 Å². The monoisotopic (exact) mass is 251 g/mol. The molecule has 0 fully saturated rings. The van der Waals surface area contributed by atoms with Crippen LogP contribution in [0.3, 0.4) is 0 Å². The highest BCUT2D eigenvalue weighted by molar-refractivity contribution is 6.35. The fourth-order valence-electron chi connectivity index (χ4n) is 1.97. The fourth-order valence-corrected chi connectivity index (χ4v) is 2.21. The van der Waals surface area contributed by atoms with Gasteiger partial charge in [-0.1, -0.05) is 29.8 Å². The predicted molar refractivity (Wildman–Crippen MR) is 67.8 cm³/mol. The Labute approximate surface area is 105 Å². The van der Waals surface area contributed by atoms with Gasteiger partial charge < -0.3 is 4.74 Å². The lowest BCUT2D eigenvalue weighted by molar-refractivity contribution is -0.141. The van der Waals surface area contributed by atoms with E-state index in [9.17, 15) is 4.79 Å². The van der Waals surface area contributed by atoms with E-state index in [4.69, 9.17) is 16.3 Å². The van der Waals surface area contributed by atoms with Crippen LogP contribution in [0.2, 0.25) is 5.02 Å². The van der Waals surface area contributed by atoms with Gasteiger partial charge in [-0.25, -0.2) is 4.79 Å². The molecule has 0 aliphatic carbocycles. The van der Waals surface area contributed by atoms with Crippen LogP contribution < -0.4 is 0 Å². The zero-order valence-corrected chi connectivity index (χ0v) is 10.6. The number of nitrogens with zero attached hydrogens (tertiary/aromatic N) is 1. The van der Waals surface area contributed by atoms with E-state index >= 15 is 0 Å². The average molecular weight is 252 g/mol. The zero-order chi connectivity index (χ0) is 12.4. The predicted octanol–water partition coefficient (Wildman–Crippen LogP) is 2.77. The Morgan fingerprint density at radius 2 is 2.29 bits per heavy atom. The third-order valence-electron chi connectivity index (χ3n) is 2.94. The van der Waals surface area contributed by atoms with E-state index in [0.29, 0.717) is 6.42 Å². The van der Waals surface area contributed by atoms with Crippen LogP contribution in [0.4, 0.5) is 0 Å². The van der Waals surface area contributed by atoms with Crippen molar-refractivity contribution in [2.24, 2.45) is 4.99 Å². The molecule has 0 bridgehead atoms. The molecule has 0 saturated heterocycles. The van der Waals surface area contributed by atoms with E-state index in [2.05, 4.69) is 4.99 Å². The third kappa shape index (κ3) is 2.34. The number of aryl methyl sites for hydroxylation is 1. The third-order valence-corrected chi connectivity index (χ3v) is 3.44. The van der Waals surface area contributed by atoms with Crippen molar-refractivity contribution in [3.05, 3.63) is 34.3 Å². The van der Waals surface area contributed by atoms with Gasteiger partial charge in [0.15, 0.2) is 0 Å². The summed E-state index contributed by atoms with van der Waals surface area (Å²) in [6, 6.07) is 5.48. The van der Waals surface area contributed by atoms with Crippen molar-refractivity contribution >= 4 is 23.3 Å². The van der Waals surface area contributed by atoms with Crippen LogP contribution in [0.5, 0.6) is 0 Å². The standard InChI is InChI=1S/C13H14ClNO2/c1-8-4-3-5-9(12(8)14)10-6-7-11(15-10)13(16)17-2/h3-5,11H,6-7H2,1-2H3/t11-/m0/s1. The van der Waals surface area contributed by atoms with Gasteiger partial charge in [0.05, 0.1) is 12.1 Å². The minimum Gasteiger partial charge on any atom is -0.467 e. The first-order chi connectivity index (χ1) is 8.13. The Morgan fingerprint density at radius 3 is 3.00 bits per heavy atom. The van der Waals surface area contributed by atoms with Crippen molar-refractivity contribution in [3.63, 3.8) is 0 Å². The molecule has 0 amide bonds. The van der Waals surface area contributed by atoms with Crippen molar-refractivity contribution in [2.45, 2.75) is 25.8 Å². The van der Waals surface area contributed by atoms with Crippen molar-refractivity contribution in [1.82, 2.24) is 0 Å². The maximum atomic E-state index is 11.4. The van der Waals surface area contributed by atoms with Crippen LogP contribution in [0.25, 0.3) is 0 Å². The molecule has 0 saturated carbocycles. The number of aliphatic imine (C=N–C) groups is 1. The lowest BCUT2D eigenvalue weighted by Crippen LogP contribution is -2.16. The molecule has 1 aliphatic heterocycles. The van der Waals surface area contributed by atoms with Crippen LogP contribution in [-0.4, -0.2) is 24.8 Å². The Hall–Kier alpha value is -1.35. The Bertz CT molecular complexity index is 482. The van der Waals surface area contributed by atoms with E-state index in [1.807, 2.05) is 25.1 Å². The first-order valence-electron chi connectivity index (χ1n) is 5.53. The van der Waals surface area contributed by atoms with Crippen LogP contribution >= 0.6 is 11.6 Å². The van der Waals surface area contributed by atoms with Crippen LogP contribution in [0, 0.1) is 6.92 Å². The normalized spacial score (nSPS) is 19.0. The zero-order valence-electron chi connectivity index (χ0n) is 9.87. The second-order valence-corrected chi connectivity index (χ2v) is 4.47. The first kappa shape index (κ1) is 12.1. The van der Waals surface area contributed by atoms with E-state index in [1.54, 1.807) is 0 Å². The first-order valence-corrected chi connectivity index (χ1v) is 5.91. The number of hydrogen-bond acceptors (Lipinski definition) is 3. The molecule has 1 heterocycles. The molecule has 1 aliphatic rings. The topological polar surface area (TPSA) is 38.7 Å². The number of rotatable bonds is 2. The van der Waals surface area contributed by atoms with Gasteiger partial charge in [0, 0.05) is 11.3 Å². The molecule has 17 heavy (non-hydrogen) atoms. The maximum absolute atomic E-state index is 11.4. The molecule has 3 nitrogen and oxygen atoms in total. The number of carbonyl (C=O) groups is 1. The largest absolute Gasteiger partial charge is 0.467 e. The quantitative estimate of drug-likeness (QED) is 0.758. The van der Waals surface area contributed by atoms with Crippen LogP contribution in [-0.2, 0) is 9.53 Å². The molecule has 1 aromatic carbocycles. The lowest BCUT2D eigenvalue weighted by atomic mass is 10.0. The molecule has 1 aromatic rings. The number of halogens is 1. The summed E-state index contributed by atoms with van der Waals surface area (Å²) in [6.45, 7) is 1.96. The van der Waals surface area contributed by atoms with Gasteiger partial charge in [-0.3, -0.25) is 4.99 Å². The highest BCUT2D eigenvalue weighted by Crippen LogP contribution is 2.26. The minimum atomic E-state index is -0.369. The number of methoxy groups -OCH3 is 1. The summed E-state index contributed by atoms with van der Waals surface area (Å²) >= 11 is 6.24. The SMILES string of the molecule is COC(=O)[C@@H]1CCC(c2cccc(C)c2Cl)=N1. The summed E-state index contributed by atoms with van der Waals surface area (Å²) in [5.74, 6) is -0.274. The van der Waals surface area contributed by atoms with E-state index in [0.717, 1.165) is 28.3 Å². The lowest BCUT2D eigenvalue weighted by Gasteiger charge is -2.05. The van der Waals surface area contributed by atoms with Gasteiger partial charge in [-0.05, 0) is 25.3 Å². The van der Waals surface area contributed by atoms with Crippen LogP contribution in [0.1, 0.15) is 24.0 Å². The number of carbonyl (C=O) groups excluding carboxylic acids is 1. The summed E-state index contributed by atoms with van der Waals surface area (Å²) < 4.78 is 4.69. The van der Waals surface area contributed by atoms with Gasteiger partial charge in [-0.15, -0.1) is 0 Å². The van der Waals surface area contributed by atoms with Crippen molar-refractivity contribution < 1.29 is 9.53 Å². The summed E-state index contributed by atoms with van der Waals surface area (Å²) in [7, 11) is 1.38. The van der Waals surface area contributed by atoms with Crippen molar-refractivity contribution in [2.75, 3.05) is 7.11 Å². The number of esters is 1. The summed E-state index contributed by atoms with van der Waals surface area (Å²) in [5, 5.41) is 0.719. The van der Waals surface area contributed by atoms with E-state index < -0.39 is 0 Å². The van der Waals surface area contributed by atoms with Crippen molar-refractivity contribution in [1.29, 1.82) is 0 Å². The van der Waals surface area contributed by atoms with Crippen LogP contribution in [0.15, 0.2) is 23.2 Å². The molecule has 0 N–H and O–H groups in total. The summed E-state index contributed by atoms with van der Waals surface area (Å²) in [6.07, 6.45) is 1.47. The highest BCUT2D eigenvalue weighted by Gasteiger charge is 2.26. The molecule has 0 spiro atoms. The van der Waals surface area contributed by atoms with Gasteiger partial charge >= 0.3 is 5.97 Å². The number of ether oxygens (including phenoxy) is 1. The summed E-state index contributed by atoms with van der Waals surface area (Å²) in [5.41, 5.74) is 2.85. The minimum absolute atomic E-state index is 0.274. The highest BCUT2D eigenvalue weighted by atomic mass is 35.5. The molecule has 90 valence electrons. The molecule has 0 unspecified atom stereocenters. The second kappa shape index (κ2) is 4.88. The Morgan fingerprint density at radius 1 is 1.53 bits per heavy atom. The Kier molecular flexibility index (Phi) is 3.48. The molecule has 0 aromatic heterocycles. The molecular weight excluding hydrogens is 238 g/mol. The molecular formula is C13H14ClNO2. The van der Waals surface area contributed by atoms with E-state index in [-0.39, 0.29) is 12.0 Å². The average Bonchev–Trinajstić information content (AvgIpc) is 2.81. The molecule has 0 radical (unpaired) electrons. The van der Waals surface area contributed by atoms with E-state index in [1.165, 1.54) is 7.11 Å². The molecule has 1 atom stereocenters.